The SMILES string of the molecule is CCC(CCCCCCCCCC(=O)Cl)CC(=O)Cl. The van der Waals surface area contributed by atoms with Gasteiger partial charge in [-0.3, -0.25) is 9.59 Å². The van der Waals surface area contributed by atoms with Crippen LogP contribution in [0.5, 0.6) is 0 Å². The molecule has 0 spiro atoms. The van der Waals surface area contributed by atoms with Crippen LogP contribution in [-0.4, -0.2) is 10.5 Å². The molecule has 0 aliphatic carbocycles. The Bertz CT molecular complexity index is 255. The largest absolute Gasteiger partial charge is 0.281 e. The summed E-state index contributed by atoms with van der Waals surface area (Å²) < 4.78 is 0. The second kappa shape index (κ2) is 12.9. The maximum absolute atomic E-state index is 10.8. The van der Waals surface area contributed by atoms with Gasteiger partial charge < -0.3 is 0 Å². The third-order valence-corrected chi connectivity index (χ3v) is 3.86. The molecule has 4 heteroatoms. The van der Waals surface area contributed by atoms with Crippen molar-refractivity contribution in [2.24, 2.45) is 5.92 Å². The minimum Gasteiger partial charge on any atom is -0.281 e. The van der Waals surface area contributed by atoms with Crippen molar-refractivity contribution < 1.29 is 9.59 Å². The van der Waals surface area contributed by atoms with E-state index in [0.717, 1.165) is 25.7 Å². The third kappa shape index (κ3) is 14.1. The number of unbranched alkanes of at least 4 members (excludes halogenated alkanes) is 6. The van der Waals surface area contributed by atoms with E-state index in [1.165, 1.54) is 32.1 Å². The minimum absolute atomic E-state index is 0.208. The lowest BCUT2D eigenvalue weighted by molar-refractivity contribution is -0.113. The molecule has 0 heterocycles. The summed E-state index contributed by atoms with van der Waals surface area (Å²) in [4.78, 5) is 21.3. The van der Waals surface area contributed by atoms with Crippen LogP contribution < -0.4 is 0 Å². The Labute approximate surface area is 127 Å². The van der Waals surface area contributed by atoms with Gasteiger partial charge in [0.1, 0.15) is 0 Å². The Morgan fingerprint density at radius 1 is 0.842 bits per heavy atom. The van der Waals surface area contributed by atoms with E-state index in [1.807, 2.05) is 0 Å². The molecule has 0 bridgehead atoms. The number of carbonyl (C=O) groups is 2. The highest BCUT2D eigenvalue weighted by atomic mass is 35.5. The summed E-state index contributed by atoms with van der Waals surface area (Å²) in [5, 5.41) is -0.430. The fourth-order valence-electron chi connectivity index (χ4n) is 2.26. The van der Waals surface area contributed by atoms with E-state index in [-0.39, 0.29) is 10.5 Å². The standard InChI is InChI=1S/C15H26Cl2O2/c1-2-13(12-15(17)19)10-8-6-4-3-5-7-9-11-14(16)18/h13H,2-12H2,1H3. The van der Waals surface area contributed by atoms with Gasteiger partial charge in [0.05, 0.1) is 0 Å². The van der Waals surface area contributed by atoms with Crippen molar-refractivity contribution in [3.63, 3.8) is 0 Å². The molecule has 0 saturated carbocycles. The Morgan fingerprint density at radius 3 is 1.84 bits per heavy atom. The van der Waals surface area contributed by atoms with Gasteiger partial charge in [-0.2, -0.15) is 0 Å². The van der Waals surface area contributed by atoms with Crippen molar-refractivity contribution in [3.8, 4) is 0 Å². The lowest BCUT2D eigenvalue weighted by Crippen LogP contribution is -2.03. The molecule has 112 valence electrons. The van der Waals surface area contributed by atoms with Crippen LogP contribution in [0.4, 0.5) is 0 Å². The summed E-state index contributed by atoms with van der Waals surface area (Å²) in [5.41, 5.74) is 0. The van der Waals surface area contributed by atoms with Gasteiger partial charge in [-0.1, -0.05) is 51.9 Å². The first kappa shape index (κ1) is 18.9. The normalized spacial score (nSPS) is 12.4. The van der Waals surface area contributed by atoms with Gasteiger partial charge in [0, 0.05) is 12.8 Å². The summed E-state index contributed by atoms with van der Waals surface area (Å²) in [6, 6.07) is 0. The predicted octanol–water partition coefficient (Wildman–Crippen LogP) is 5.44. The van der Waals surface area contributed by atoms with Crippen molar-refractivity contribution in [1.82, 2.24) is 0 Å². The first-order valence-electron chi connectivity index (χ1n) is 7.43. The van der Waals surface area contributed by atoms with Gasteiger partial charge in [-0.05, 0) is 42.0 Å². The van der Waals surface area contributed by atoms with Gasteiger partial charge in [-0.25, -0.2) is 0 Å². The summed E-state index contributed by atoms with van der Waals surface area (Å²) in [6.45, 7) is 2.11. The molecule has 0 radical (unpaired) electrons. The second-order valence-electron chi connectivity index (χ2n) is 5.20. The van der Waals surface area contributed by atoms with Crippen LogP contribution >= 0.6 is 23.2 Å². The molecule has 0 aromatic carbocycles. The maximum atomic E-state index is 10.8. The Hall–Kier alpha value is -0.0800. The van der Waals surface area contributed by atoms with Crippen molar-refractivity contribution in [1.29, 1.82) is 0 Å². The van der Waals surface area contributed by atoms with Crippen LogP contribution in [0.2, 0.25) is 0 Å². The van der Waals surface area contributed by atoms with E-state index in [1.54, 1.807) is 0 Å². The van der Waals surface area contributed by atoms with Crippen molar-refractivity contribution >= 4 is 33.7 Å². The van der Waals surface area contributed by atoms with Gasteiger partial charge in [-0.15, -0.1) is 0 Å². The number of hydrogen-bond donors (Lipinski definition) is 0. The lowest BCUT2D eigenvalue weighted by Gasteiger charge is -2.11. The van der Waals surface area contributed by atoms with Crippen molar-refractivity contribution in [2.45, 2.75) is 77.6 Å². The molecule has 0 aliphatic heterocycles. The number of hydrogen-bond acceptors (Lipinski definition) is 2. The van der Waals surface area contributed by atoms with Gasteiger partial charge in [0.15, 0.2) is 0 Å². The molecule has 0 amide bonds. The van der Waals surface area contributed by atoms with Crippen LogP contribution in [0.15, 0.2) is 0 Å². The van der Waals surface area contributed by atoms with E-state index in [2.05, 4.69) is 6.92 Å². The Kier molecular flexibility index (Phi) is 12.9. The highest BCUT2D eigenvalue weighted by Crippen LogP contribution is 2.19. The highest BCUT2D eigenvalue weighted by Gasteiger charge is 2.09. The summed E-state index contributed by atoms with van der Waals surface area (Å²) in [5.74, 6) is 0.458. The fraction of sp³-hybridized carbons (Fsp3) is 0.867. The molecule has 2 nitrogen and oxygen atoms in total. The van der Waals surface area contributed by atoms with Crippen LogP contribution in [-0.2, 0) is 9.59 Å². The van der Waals surface area contributed by atoms with Gasteiger partial charge in [0.2, 0.25) is 10.5 Å². The molecule has 0 aromatic heterocycles. The zero-order valence-electron chi connectivity index (χ0n) is 11.9. The summed E-state index contributed by atoms with van der Waals surface area (Å²) in [6.07, 6.45) is 11.2. The molecule has 0 fully saturated rings. The average molecular weight is 309 g/mol. The van der Waals surface area contributed by atoms with E-state index >= 15 is 0 Å². The van der Waals surface area contributed by atoms with E-state index in [4.69, 9.17) is 23.2 Å². The van der Waals surface area contributed by atoms with Crippen LogP contribution in [0, 0.1) is 5.92 Å². The third-order valence-electron chi connectivity index (χ3n) is 3.51. The highest BCUT2D eigenvalue weighted by molar-refractivity contribution is 6.63. The van der Waals surface area contributed by atoms with Crippen molar-refractivity contribution in [2.75, 3.05) is 0 Å². The van der Waals surface area contributed by atoms with E-state index < -0.39 is 0 Å². The first-order valence-corrected chi connectivity index (χ1v) is 8.18. The topological polar surface area (TPSA) is 34.1 Å². The number of halogens is 2. The minimum atomic E-state index is -0.223. The molecule has 0 aliphatic rings. The maximum Gasteiger partial charge on any atom is 0.221 e. The first-order chi connectivity index (χ1) is 9.06. The van der Waals surface area contributed by atoms with Gasteiger partial charge in [0.25, 0.3) is 0 Å². The molecule has 19 heavy (non-hydrogen) atoms. The monoisotopic (exact) mass is 308 g/mol. The molecule has 0 N–H and O–H groups in total. The summed E-state index contributed by atoms with van der Waals surface area (Å²) >= 11 is 10.7. The van der Waals surface area contributed by atoms with Crippen LogP contribution in [0.3, 0.4) is 0 Å². The predicted molar refractivity (Wildman–Crippen MR) is 81.7 cm³/mol. The molecule has 0 saturated heterocycles. The lowest BCUT2D eigenvalue weighted by atomic mass is 9.95. The van der Waals surface area contributed by atoms with E-state index in [9.17, 15) is 9.59 Å². The molecule has 1 unspecified atom stereocenters. The number of carbonyl (C=O) groups excluding carboxylic acids is 2. The fourth-order valence-corrected chi connectivity index (χ4v) is 2.61. The van der Waals surface area contributed by atoms with Crippen molar-refractivity contribution in [3.05, 3.63) is 0 Å². The molecular formula is C15H26Cl2O2. The zero-order valence-corrected chi connectivity index (χ0v) is 13.4. The average Bonchev–Trinajstić information content (AvgIpc) is 2.34. The Balaban J connectivity index is 3.29. The second-order valence-corrected chi connectivity index (χ2v) is 6.05. The zero-order chi connectivity index (χ0) is 14.5. The number of rotatable bonds is 13. The van der Waals surface area contributed by atoms with Crippen LogP contribution in [0.1, 0.15) is 77.6 Å². The summed E-state index contributed by atoms with van der Waals surface area (Å²) in [7, 11) is 0. The smallest absolute Gasteiger partial charge is 0.221 e. The van der Waals surface area contributed by atoms with Crippen LogP contribution in [0.25, 0.3) is 0 Å². The van der Waals surface area contributed by atoms with E-state index in [0.29, 0.717) is 18.8 Å². The molecule has 1 atom stereocenters. The Morgan fingerprint density at radius 2 is 1.37 bits per heavy atom. The van der Waals surface area contributed by atoms with Gasteiger partial charge >= 0.3 is 0 Å². The molecular weight excluding hydrogens is 283 g/mol. The quantitative estimate of drug-likeness (QED) is 0.335. The molecule has 0 rings (SSSR count). The molecule has 0 aromatic rings.